The van der Waals surface area contributed by atoms with Gasteiger partial charge in [-0.15, -0.1) is 11.3 Å². The van der Waals surface area contributed by atoms with Crippen LogP contribution >= 0.6 is 11.3 Å². The highest BCUT2D eigenvalue weighted by Gasteiger charge is 2.39. The van der Waals surface area contributed by atoms with E-state index in [0.29, 0.717) is 0 Å². The maximum Gasteiger partial charge on any atom is 0.0654 e. The summed E-state index contributed by atoms with van der Waals surface area (Å²) in [7, 11) is 4.28. The molecule has 3 N–H and O–H groups in total. The van der Waals surface area contributed by atoms with Gasteiger partial charge in [-0.05, 0) is 50.9 Å². The first-order valence-corrected chi connectivity index (χ1v) is 7.09. The lowest BCUT2D eigenvalue weighted by molar-refractivity contribution is 0.0881. The van der Waals surface area contributed by atoms with Gasteiger partial charge in [-0.2, -0.15) is 0 Å². The van der Waals surface area contributed by atoms with Gasteiger partial charge in [0.25, 0.3) is 0 Å². The summed E-state index contributed by atoms with van der Waals surface area (Å²) in [6, 6.07) is 2.37. The maximum absolute atomic E-state index is 5.84. The lowest BCUT2D eigenvalue weighted by Gasteiger charge is -2.45. The fourth-order valence-corrected chi connectivity index (χ4v) is 3.52. The van der Waals surface area contributed by atoms with E-state index in [0.717, 1.165) is 12.8 Å². The Morgan fingerprint density at radius 1 is 1.41 bits per heavy atom. The van der Waals surface area contributed by atoms with Crippen molar-refractivity contribution in [2.75, 3.05) is 14.1 Å². The first-order valence-electron chi connectivity index (χ1n) is 6.21. The Bertz CT molecular complexity index is 342. The summed E-state index contributed by atoms with van der Waals surface area (Å²) in [5.74, 6) is 5.84. The van der Waals surface area contributed by atoms with Crippen LogP contribution in [0.1, 0.15) is 43.2 Å². The molecule has 0 spiro atoms. The van der Waals surface area contributed by atoms with Crippen LogP contribution in [-0.2, 0) is 0 Å². The summed E-state index contributed by atoms with van der Waals surface area (Å²) in [6.45, 7) is 6.63. The molecule has 98 valence electrons. The van der Waals surface area contributed by atoms with Crippen molar-refractivity contribution < 1.29 is 0 Å². The number of hydrogen-bond donors (Lipinski definition) is 2. The van der Waals surface area contributed by atoms with E-state index < -0.39 is 0 Å². The van der Waals surface area contributed by atoms with Crippen molar-refractivity contribution in [1.29, 1.82) is 0 Å². The zero-order chi connectivity index (χ0) is 13.1. The lowest BCUT2D eigenvalue weighted by Crippen LogP contribution is -2.54. The molecule has 1 aromatic heterocycles. The molecule has 17 heavy (non-hydrogen) atoms. The molecule has 0 amide bonds. The lowest BCUT2D eigenvalue weighted by atomic mass is 9.80. The van der Waals surface area contributed by atoms with Gasteiger partial charge in [-0.1, -0.05) is 13.8 Å². The van der Waals surface area contributed by atoms with Gasteiger partial charge in [0.05, 0.1) is 6.04 Å². The van der Waals surface area contributed by atoms with Crippen molar-refractivity contribution in [3.05, 3.63) is 21.9 Å². The number of thiophene rings is 1. The fourth-order valence-electron chi connectivity index (χ4n) is 2.78. The monoisotopic (exact) mass is 255 g/mol. The first kappa shape index (κ1) is 14.6. The predicted molar refractivity (Wildman–Crippen MR) is 76.1 cm³/mol. The molecule has 0 fully saturated rings. The van der Waals surface area contributed by atoms with Crippen LogP contribution in [0, 0.1) is 6.92 Å². The number of hydrazine groups is 1. The van der Waals surface area contributed by atoms with Gasteiger partial charge in [0, 0.05) is 10.4 Å². The normalized spacial score (nSPS) is 14.3. The third-order valence-electron chi connectivity index (χ3n) is 4.03. The average molecular weight is 255 g/mol. The Kier molecular flexibility index (Phi) is 5.13. The van der Waals surface area contributed by atoms with Crippen LogP contribution in [0.4, 0.5) is 0 Å². The Morgan fingerprint density at radius 3 is 2.29 bits per heavy atom. The molecule has 1 atom stereocenters. The largest absolute Gasteiger partial charge is 0.302 e. The fraction of sp³-hybridized carbons (Fsp3) is 0.692. The second kappa shape index (κ2) is 5.96. The molecule has 0 saturated heterocycles. The smallest absolute Gasteiger partial charge is 0.0654 e. The number of nitrogens with zero attached hydrogens (tertiary/aromatic N) is 1. The average Bonchev–Trinajstić information content (AvgIpc) is 2.72. The van der Waals surface area contributed by atoms with Gasteiger partial charge in [0.1, 0.15) is 0 Å². The maximum atomic E-state index is 5.84. The minimum absolute atomic E-state index is 0.0700. The first-order chi connectivity index (χ1) is 8.03. The molecule has 0 bridgehead atoms. The molecule has 1 heterocycles. The van der Waals surface area contributed by atoms with Crippen molar-refractivity contribution in [3.63, 3.8) is 0 Å². The van der Waals surface area contributed by atoms with Crippen molar-refractivity contribution in [2.45, 2.75) is 45.2 Å². The molecule has 3 nitrogen and oxygen atoms in total. The second-order valence-corrected chi connectivity index (χ2v) is 5.86. The van der Waals surface area contributed by atoms with Gasteiger partial charge in [0.2, 0.25) is 0 Å². The number of likely N-dealkylation sites (N-methyl/N-ethyl adjacent to an activating group) is 1. The minimum atomic E-state index is 0.0700. The zero-order valence-corrected chi connectivity index (χ0v) is 12.4. The van der Waals surface area contributed by atoms with Crippen molar-refractivity contribution in [3.8, 4) is 0 Å². The summed E-state index contributed by atoms with van der Waals surface area (Å²) >= 11 is 1.78. The highest BCUT2D eigenvalue weighted by molar-refractivity contribution is 7.10. The molecule has 1 unspecified atom stereocenters. The number of aryl methyl sites for hydroxylation is 1. The van der Waals surface area contributed by atoms with Crippen LogP contribution in [0.25, 0.3) is 0 Å². The number of nitrogens with one attached hydrogen (secondary N) is 1. The van der Waals surface area contributed by atoms with Crippen LogP contribution < -0.4 is 11.3 Å². The van der Waals surface area contributed by atoms with Crippen molar-refractivity contribution >= 4 is 11.3 Å². The molecule has 1 rings (SSSR count). The SMILES string of the molecule is CCC(CC)(C(NN)c1ccsc1C)N(C)C. The van der Waals surface area contributed by atoms with Crippen LogP contribution in [0.2, 0.25) is 0 Å². The third kappa shape index (κ3) is 2.55. The summed E-state index contributed by atoms with van der Waals surface area (Å²) in [4.78, 5) is 3.65. The van der Waals surface area contributed by atoms with E-state index in [-0.39, 0.29) is 11.6 Å². The Labute approximate surface area is 109 Å². The Hall–Kier alpha value is -0.420. The second-order valence-electron chi connectivity index (χ2n) is 4.74. The Morgan fingerprint density at radius 2 is 2.00 bits per heavy atom. The van der Waals surface area contributed by atoms with Crippen LogP contribution in [-0.4, -0.2) is 24.5 Å². The van der Waals surface area contributed by atoms with E-state index in [9.17, 15) is 0 Å². The zero-order valence-electron chi connectivity index (χ0n) is 11.6. The van der Waals surface area contributed by atoms with Gasteiger partial charge in [0.15, 0.2) is 0 Å². The van der Waals surface area contributed by atoms with Crippen LogP contribution in [0.3, 0.4) is 0 Å². The molecule has 0 saturated carbocycles. The topological polar surface area (TPSA) is 41.3 Å². The Balaban J connectivity index is 3.19. The van der Waals surface area contributed by atoms with E-state index in [1.165, 1.54) is 10.4 Å². The standard InChI is InChI=1S/C13H25N3S/c1-6-13(7-2,16(4)5)12(15-14)11-8-9-17-10(11)3/h8-9,12,15H,6-7,14H2,1-5H3. The molecular weight excluding hydrogens is 230 g/mol. The van der Waals surface area contributed by atoms with Gasteiger partial charge in [-0.3, -0.25) is 11.3 Å². The number of hydrogen-bond acceptors (Lipinski definition) is 4. The van der Waals surface area contributed by atoms with E-state index in [4.69, 9.17) is 5.84 Å². The molecule has 4 heteroatoms. The summed E-state index contributed by atoms with van der Waals surface area (Å²) < 4.78 is 0. The summed E-state index contributed by atoms with van der Waals surface area (Å²) in [6.07, 6.45) is 2.14. The van der Waals surface area contributed by atoms with E-state index in [1.54, 1.807) is 11.3 Å². The summed E-state index contributed by atoms with van der Waals surface area (Å²) in [5, 5.41) is 2.14. The molecular formula is C13H25N3S. The van der Waals surface area contributed by atoms with Crippen LogP contribution in [0.5, 0.6) is 0 Å². The minimum Gasteiger partial charge on any atom is -0.302 e. The number of rotatable bonds is 6. The van der Waals surface area contributed by atoms with Crippen molar-refractivity contribution in [2.24, 2.45) is 5.84 Å². The van der Waals surface area contributed by atoms with E-state index in [2.05, 4.69) is 56.6 Å². The van der Waals surface area contributed by atoms with E-state index >= 15 is 0 Å². The van der Waals surface area contributed by atoms with Gasteiger partial charge in [-0.25, -0.2) is 0 Å². The third-order valence-corrected chi connectivity index (χ3v) is 4.89. The van der Waals surface area contributed by atoms with Crippen molar-refractivity contribution in [1.82, 2.24) is 10.3 Å². The molecule has 0 aliphatic rings. The van der Waals surface area contributed by atoms with Gasteiger partial charge < -0.3 is 4.90 Å². The van der Waals surface area contributed by atoms with Gasteiger partial charge >= 0.3 is 0 Å². The molecule has 0 aromatic carbocycles. The molecule has 0 aliphatic carbocycles. The quantitative estimate of drug-likeness (QED) is 0.606. The highest BCUT2D eigenvalue weighted by Crippen LogP contribution is 2.37. The highest BCUT2D eigenvalue weighted by atomic mass is 32.1. The van der Waals surface area contributed by atoms with E-state index in [1.807, 2.05) is 0 Å². The van der Waals surface area contributed by atoms with Crippen LogP contribution in [0.15, 0.2) is 11.4 Å². The number of nitrogens with two attached hydrogens (primary N) is 1. The molecule has 0 aliphatic heterocycles. The molecule has 1 aromatic rings. The summed E-state index contributed by atoms with van der Waals surface area (Å²) in [5.41, 5.74) is 4.43. The predicted octanol–water partition coefficient (Wildman–Crippen LogP) is 2.68. The molecule has 0 radical (unpaired) electrons.